The van der Waals surface area contributed by atoms with E-state index in [9.17, 15) is 4.79 Å². The highest BCUT2D eigenvalue weighted by molar-refractivity contribution is 6.36. The molecule has 6 heteroatoms. The molecule has 3 aromatic carbocycles. The Kier molecular flexibility index (Phi) is 7.69. The van der Waals surface area contributed by atoms with Crippen LogP contribution in [0.5, 0.6) is 0 Å². The van der Waals surface area contributed by atoms with E-state index < -0.39 is 0 Å². The Labute approximate surface area is 204 Å². The molecule has 0 saturated carbocycles. The van der Waals surface area contributed by atoms with E-state index in [2.05, 4.69) is 16.0 Å². The Morgan fingerprint density at radius 3 is 2.42 bits per heavy atom. The van der Waals surface area contributed by atoms with Crippen LogP contribution in [0.1, 0.15) is 46.6 Å². The molecule has 0 atom stereocenters. The van der Waals surface area contributed by atoms with Crippen molar-refractivity contribution in [2.24, 2.45) is 0 Å². The van der Waals surface area contributed by atoms with Gasteiger partial charge in [0.05, 0.1) is 17.6 Å². The average molecular weight is 480 g/mol. The van der Waals surface area contributed by atoms with Crippen molar-refractivity contribution < 1.29 is 4.79 Å². The van der Waals surface area contributed by atoms with Gasteiger partial charge in [-0.2, -0.15) is 0 Å². The normalized spacial score (nSPS) is 11.1. The van der Waals surface area contributed by atoms with E-state index >= 15 is 0 Å². The fraction of sp³-hybridized carbons (Fsp3) is 0.259. The first-order chi connectivity index (χ1) is 16.0. The van der Waals surface area contributed by atoms with Crippen molar-refractivity contribution in [1.29, 1.82) is 0 Å². The third-order valence-corrected chi connectivity index (χ3v) is 6.57. The van der Waals surface area contributed by atoms with Gasteiger partial charge in [0.25, 0.3) is 5.91 Å². The van der Waals surface area contributed by atoms with Crippen molar-refractivity contribution in [2.75, 3.05) is 6.54 Å². The highest BCUT2D eigenvalue weighted by atomic mass is 35.5. The van der Waals surface area contributed by atoms with Crippen LogP contribution >= 0.6 is 23.2 Å². The predicted molar refractivity (Wildman–Crippen MR) is 136 cm³/mol. The highest BCUT2D eigenvalue weighted by Crippen LogP contribution is 2.28. The van der Waals surface area contributed by atoms with Crippen molar-refractivity contribution in [3.63, 3.8) is 0 Å². The third-order valence-electron chi connectivity index (χ3n) is 5.86. The zero-order chi connectivity index (χ0) is 23.2. The van der Waals surface area contributed by atoms with Gasteiger partial charge in [0, 0.05) is 34.1 Å². The minimum Gasteiger partial charge on any atom is -0.352 e. The maximum atomic E-state index is 12.3. The van der Waals surface area contributed by atoms with E-state index in [1.807, 2.05) is 67.6 Å². The number of hydrogen-bond donors (Lipinski definition) is 1. The summed E-state index contributed by atoms with van der Waals surface area (Å²) in [6.45, 7) is 3.20. The fourth-order valence-electron chi connectivity index (χ4n) is 4.04. The molecule has 0 saturated heterocycles. The van der Waals surface area contributed by atoms with Gasteiger partial charge in [-0.25, -0.2) is 4.98 Å². The lowest BCUT2D eigenvalue weighted by molar-refractivity contribution is 0.0952. The number of nitrogens with zero attached hydrogens (tertiary/aromatic N) is 2. The maximum Gasteiger partial charge on any atom is 0.251 e. The Balaban J connectivity index is 1.36. The topological polar surface area (TPSA) is 46.9 Å². The number of hydrogen-bond acceptors (Lipinski definition) is 2. The summed E-state index contributed by atoms with van der Waals surface area (Å²) in [6, 6.07) is 21.4. The monoisotopic (exact) mass is 479 g/mol. The van der Waals surface area contributed by atoms with Crippen molar-refractivity contribution in [3.05, 3.63) is 99.3 Å². The average Bonchev–Trinajstić information content (AvgIpc) is 3.16. The number of carbonyl (C=O) groups is 1. The molecule has 0 bridgehead atoms. The van der Waals surface area contributed by atoms with E-state index in [1.54, 1.807) is 0 Å². The predicted octanol–water partition coefficient (Wildman–Crippen LogP) is 6.84. The van der Waals surface area contributed by atoms with Gasteiger partial charge >= 0.3 is 0 Å². The largest absolute Gasteiger partial charge is 0.352 e. The Bertz CT molecular complexity index is 1250. The van der Waals surface area contributed by atoms with E-state index in [4.69, 9.17) is 28.2 Å². The maximum absolute atomic E-state index is 12.3. The minimum atomic E-state index is -0.00786. The molecular formula is C27H27Cl2N3O. The molecule has 0 aliphatic rings. The van der Waals surface area contributed by atoms with Crippen LogP contribution in [-0.4, -0.2) is 22.0 Å². The molecule has 1 amide bonds. The first-order valence-corrected chi connectivity index (χ1v) is 12.0. The molecule has 1 aromatic heterocycles. The van der Waals surface area contributed by atoms with Crippen LogP contribution in [0.3, 0.4) is 0 Å². The number of aryl methyl sites for hydroxylation is 2. The summed E-state index contributed by atoms with van der Waals surface area (Å²) in [5.41, 5.74) is 4.69. The van der Waals surface area contributed by atoms with Gasteiger partial charge in [0.2, 0.25) is 0 Å². The fourth-order valence-corrected chi connectivity index (χ4v) is 4.56. The zero-order valence-electron chi connectivity index (χ0n) is 18.7. The molecule has 0 aliphatic carbocycles. The molecule has 4 nitrogen and oxygen atoms in total. The summed E-state index contributed by atoms with van der Waals surface area (Å²) in [4.78, 5) is 17.2. The quantitative estimate of drug-likeness (QED) is 0.267. The lowest BCUT2D eigenvalue weighted by Crippen LogP contribution is -2.25. The van der Waals surface area contributed by atoms with E-state index in [1.165, 1.54) is 0 Å². The number of imidazole rings is 1. The van der Waals surface area contributed by atoms with E-state index in [0.29, 0.717) is 23.1 Å². The summed E-state index contributed by atoms with van der Waals surface area (Å²) in [5.74, 6) is 1.02. The molecule has 170 valence electrons. The number of fused-ring (bicyclic) bond motifs is 1. The number of unbranched alkanes of at least 4 members (excludes halogenated alkanes) is 2. The first kappa shape index (κ1) is 23.3. The number of carbonyl (C=O) groups excluding carboxylic acids is 1. The SMILES string of the molecule is Cc1ccccc1C(=O)NCCCCCc1nc2ccccc2n1Cc1c(Cl)cccc1Cl. The molecule has 0 fully saturated rings. The number of halogens is 2. The number of amides is 1. The van der Waals surface area contributed by atoms with Gasteiger partial charge in [-0.1, -0.05) is 66.0 Å². The molecule has 4 aromatic rings. The number of benzene rings is 3. The van der Waals surface area contributed by atoms with Crippen LogP contribution in [-0.2, 0) is 13.0 Å². The van der Waals surface area contributed by atoms with Crippen LogP contribution in [0.2, 0.25) is 10.0 Å². The Morgan fingerprint density at radius 1 is 0.909 bits per heavy atom. The van der Waals surface area contributed by atoms with Gasteiger partial charge in [0.1, 0.15) is 5.82 Å². The van der Waals surface area contributed by atoms with Gasteiger partial charge in [-0.15, -0.1) is 0 Å². The van der Waals surface area contributed by atoms with E-state index in [0.717, 1.165) is 59.2 Å². The second kappa shape index (κ2) is 10.9. The zero-order valence-corrected chi connectivity index (χ0v) is 20.2. The van der Waals surface area contributed by atoms with Crippen molar-refractivity contribution in [1.82, 2.24) is 14.9 Å². The molecule has 1 N–H and O–H groups in total. The van der Waals surface area contributed by atoms with Crippen LogP contribution in [0.4, 0.5) is 0 Å². The first-order valence-electron chi connectivity index (χ1n) is 11.3. The Hall–Kier alpha value is -2.82. The number of nitrogens with one attached hydrogen (secondary N) is 1. The summed E-state index contributed by atoms with van der Waals surface area (Å²) in [5, 5.41) is 4.35. The molecule has 4 rings (SSSR count). The summed E-state index contributed by atoms with van der Waals surface area (Å²) >= 11 is 12.9. The van der Waals surface area contributed by atoms with Crippen molar-refractivity contribution in [3.8, 4) is 0 Å². The summed E-state index contributed by atoms with van der Waals surface area (Å²) in [6.07, 6.45) is 3.76. The van der Waals surface area contributed by atoms with Crippen LogP contribution in [0, 0.1) is 6.92 Å². The molecule has 0 unspecified atom stereocenters. The van der Waals surface area contributed by atoms with Crippen molar-refractivity contribution >= 4 is 40.1 Å². The van der Waals surface area contributed by atoms with Crippen LogP contribution < -0.4 is 5.32 Å². The lowest BCUT2D eigenvalue weighted by atomic mass is 10.1. The molecular weight excluding hydrogens is 453 g/mol. The second-order valence-electron chi connectivity index (χ2n) is 8.18. The van der Waals surface area contributed by atoms with Crippen molar-refractivity contribution in [2.45, 2.75) is 39.2 Å². The molecule has 0 aliphatic heterocycles. The van der Waals surface area contributed by atoms with Gasteiger partial charge in [0.15, 0.2) is 0 Å². The Morgan fingerprint density at radius 2 is 1.64 bits per heavy atom. The number of aromatic nitrogens is 2. The molecule has 0 spiro atoms. The summed E-state index contributed by atoms with van der Waals surface area (Å²) in [7, 11) is 0. The second-order valence-corrected chi connectivity index (χ2v) is 9.00. The summed E-state index contributed by atoms with van der Waals surface area (Å²) < 4.78 is 2.21. The van der Waals surface area contributed by atoms with Gasteiger partial charge < -0.3 is 9.88 Å². The standard InChI is InChI=1S/C27H27Cl2N3O/c1-19-10-4-5-11-20(19)27(33)30-17-8-2-3-16-26-31-24-14-6-7-15-25(24)32(26)18-21-22(28)12-9-13-23(21)29/h4-7,9-15H,2-3,8,16-18H2,1H3,(H,30,33). The highest BCUT2D eigenvalue weighted by Gasteiger charge is 2.14. The van der Waals surface area contributed by atoms with Crippen LogP contribution in [0.15, 0.2) is 66.7 Å². The van der Waals surface area contributed by atoms with Gasteiger partial charge in [-0.05, 0) is 55.7 Å². The lowest BCUT2D eigenvalue weighted by Gasteiger charge is -2.12. The third kappa shape index (κ3) is 5.58. The smallest absolute Gasteiger partial charge is 0.251 e. The number of para-hydroxylation sites is 2. The molecule has 1 heterocycles. The molecule has 33 heavy (non-hydrogen) atoms. The van der Waals surface area contributed by atoms with Crippen LogP contribution in [0.25, 0.3) is 11.0 Å². The van der Waals surface area contributed by atoms with E-state index in [-0.39, 0.29) is 5.91 Å². The minimum absolute atomic E-state index is 0.00786. The van der Waals surface area contributed by atoms with Gasteiger partial charge in [-0.3, -0.25) is 4.79 Å². The molecule has 0 radical (unpaired) electrons. The number of rotatable bonds is 9.